The molecule has 120 valence electrons. The summed E-state index contributed by atoms with van der Waals surface area (Å²) in [5.41, 5.74) is 5.99. The van der Waals surface area contributed by atoms with Gasteiger partial charge in [-0.3, -0.25) is 9.69 Å². The average molecular weight is 293 g/mol. The smallest absolute Gasteiger partial charge is 0.234 e. The van der Waals surface area contributed by atoms with Crippen molar-refractivity contribution in [3.05, 3.63) is 0 Å². The quantitative estimate of drug-likeness (QED) is 0.830. The van der Waals surface area contributed by atoms with Crippen molar-refractivity contribution >= 4 is 5.91 Å². The number of nitrogens with two attached hydrogens (primary N) is 1. The van der Waals surface area contributed by atoms with Crippen molar-refractivity contribution in [3.63, 3.8) is 0 Å². The van der Waals surface area contributed by atoms with Gasteiger partial charge in [-0.1, -0.05) is 6.42 Å². The van der Waals surface area contributed by atoms with Gasteiger partial charge < -0.3 is 11.1 Å². The number of rotatable bonds is 4. The second kappa shape index (κ2) is 6.25. The van der Waals surface area contributed by atoms with Crippen molar-refractivity contribution in [2.45, 2.75) is 70.5 Å². The summed E-state index contributed by atoms with van der Waals surface area (Å²) >= 11 is 0. The molecule has 1 aliphatic heterocycles. The summed E-state index contributed by atoms with van der Waals surface area (Å²) in [7, 11) is 0. The minimum absolute atomic E-state index is 0.201. The molecule has 0 spiro atoms. The van der Waals surface area contributed by atoms with Crippen LogP contribution in [0.3, 0.4) is 0 Å². The number of piperidine rings is 1. The third-order valence-corrected chi connectivity index (χ3v) is 6.22. The Morgan fingerprint density at radius 3 is 2.71 bits per heavy atom. The Kier molecular flexibility index (Phi) is 4.55. The van der Waals surface area contributed by atoms with Crippen LogP contribution in [0.2, 0.25) is 0 Å². The van der Waals surface area contributed by atoms with Gasteiger partial charge in [0.2, 0.25) is 5.91 Å². The number of hydrogen-bond acceptors (Lipinski definition) is 3. The van der Waals surface area contributed by atoms with Crippen LogP contribution in [0.1, 0.15) is 52.4 Å². The van der Waals surface area contributed by atoms with Crippen LogP contribution in [0.15, 0.2) is 0 Å². The Balaban J connectivity index is 1.45. The third kappa shape index (κ3) is 3.42. The monoisotopic (exact) mass is 293 g/mol. The summed E-state index contributed by atoms with van der Waals surface area (Å²) in [5, 5.41) is 3.27. The minimum Gasteiger partial charge on any atom is -0.352 e. The van der Waals surface area contributed by atoms with E-state index in [-0.39, 0.29) is 5.91 Å². The molecule has 3 aliphatic rings. The van der Waals surface area contributed by atoms with Gasteiger partial charge in [0.15, 0.2) is 0 Å². The van der Waals surface area contributed by atoms with E-state index in [0.29, 0.717) is 24.7 Å². The Morgan fingerprint density at radius 1 is 1.29 bits per heavy atom. The fraction of sp³-hybridized carbons (Fsp3) is 0.941. The highest BCUT2D eigenvalue weighted by Crippen LogP contribution is 2.49. The van der Waals surface area contributed by atoms with E-state index in [1.165, 1.54) is 25.7 Å². The van der Waals surface area contributed by atoms with E-state index in [0.717, 1.165) is 37.1 Å². The van der Waals surface area contributed by atoms with Crippen molar-refractivity contribution in [1.82, 2.24) is 10.2 Å². The third-order valence-electron chi connectivity index (χ3n) is 6.22. The molecule has 4 heteroatoms. The van der Waals surface area contributed by atoms with Crippen molar-refractivity contribution in [1.29, 1.82) is 0 Å². The summed E-state index contributed by atoms with van der Waals surface area (Å²) in [6.07, 6.45) is 7.58. The zero-order chi connectivity index (χ0) is 15.0. The fourth-order valence-corrected chi connectivity index (χ4v) is 4.99. The predicted molar refractivity (Wildman–Crippen MR) is 84.8 cm³/mol. The SMILES string of the molecule is CC(NC(=O)CN1CCC(N)CC1C)C1CC2CCC1C2. The van der Waals surface area contributed by atoms with E-state index in [1.807, 2.05) is 0 Å². The van der Waals surface area contributed by atoms with Gasteiger partial charge in [-0.25, -0.2) is 0 Å². The lowest BCUT2D eigenvalue weighted by atomic mass is 9.84. The molecule has 3 N–H and O–H groups in total. The summed E-state index contributed by atoms with van der Waals surface area (Å²) in [6, 6.07) is 1.08. The van der Waals surface area contributed by atoms with Gasteiger partial charge in [0.25, 0.3) is 0 Å². The van der Waals surface area contributed by atoms with E-state index in [4.69, 9.17) is 5.73 Å². The maximum Gasteiger partial charge on any atom is 0.234 e. The van der Waals surface area contributed by atoms with Crippen LogP contribution in [0.5, 0.6) is 0 Å². The molecule has 0 aromatic heterocycles. The molecule has 6 atom stereocenters. The van der Waals surface area contributed by atoms with Crippen LogP contribution in [0.25, 0.3) is 0 Å². The fourth-order valence-electron chi connectivity index (χ4n) is 4.99. The standard InChI is InChI=1S/C17H31N3O/c1-11-7-15(18)5-6-20(11)10-17(21)19-12(2)16-9-13-3-4-14(16)8-13/h11-16H,3-10,18H2,1-2H3,(H,19,21). The summed E-state index contributed by atoms with van der Waals surface area (Å²) in [5.74, 6) is 2.74. The zero-order valence-corrected chi connectivity index (χ0v) is 13.6. The molecule has 0 aromatic rings. The normalized spacial score (nSPS) is 41.2. The van der Waals surface area contributed by atoms with Crippen LogP contribution < -0.4 is 11.1 Å². The van der Waals surface area contributed by atoms with E-state index in [2.05, 4.69) is 24.1 Å². The molecule has 0 aromatic carbocycles. The maximum absolute atomic E-state index is 12.3. The van der Waals surface area contributed by atoms with Gasteiger partial charge in [0.1, 0.15) is 0 Å². The van der Waals surface area contributed by atoms with Gasteiger partial charge in [0, 0.05) is 24.7 Å². The molecular formula is C17H31N3O. The first kappa shape index (κ1) is 15.3. The van der Waals surface area contributed by atoms with Crippen LogP contribution in [0.4, 0.5) is 0 Å². The number of nitrogens with one attached hydrogen (secondary N) is 1. The maximum atomic E-state index is 12.3. The Morgan fingerprint density at radius 2 is 2.10 bits per heavy atom. The number of carbonyl (C=O) groups is 1. The molecule has 2 bridgehead atoms. The second-order valence-electron chi connectivity index (χ2n) is 7.80. The molecule has 21 heavy (non-hydrogen) atoms. The van der Waals surface area contributed by atoms with E-state index in [1.54, 1.807) is 0 Å². The zero-order valence-electron chi connectivity index (χ0n) is 13.6. The van der Waals surface area contributed by atoms with E-state index < -0.39 is 0 Å². The number of likely N-dealkylation sites (tertiary alicyclic amines) is 1. The van der Waals surface area contributed by atoms with Crippen LogP contribution in [-0.2, 0) is 4.79 Å². The molecule has 3 rings (SSSR count). The number of fused-ring (bicyclic) bond motifs is 2. The highest BCUT2D eigenvalue weighted by molar-refractivity contribution is 5.78. The van der Waals surface area contributed by atoms with Crippen molar-refractivity contribution in [2.24, 2.45) is 23.5 Å². The molecule has 0 radical (unpaired) electrons. The number of nitrogens with zero attached hydrogens (tertiary/aromatic N) is 1. The summed E-state index contributed by atoms with van der Waals surface area (Å²) in [6.45, 7) is 5.89. The molecule has 1 amide bonds. The topological polar surface area (TPSA) is 58.4 Å². The first-order valence-corrected chi connectivity index (χ1v) is 8.82. The van der Waals surface area contributed by atoms with Crippen LogP contribution in [0, 0.1) is 17.8 Å². The van der Waals surface area contributed by atoms with E-state index >= 15 is 0 Å². The molecule has 2 aliphatic carbocycles. The van der Waals surface area contributed by atoms with Gasteiger partial charge in [-0.05, 0) is 63.7 Å². The number of amides is 1. The van der Waals surface area contributed by atoms with Gasteiger partial charge in [-0.2, -0.15) is 0 Å². The lowest BCUT2D eigenvalue weighted by molar-refractivity contribution is -0.124. The molecule has 3 fully saturated rings. The van der Waals surface area contributed by atoms with Crippen molar-refractivity contribution < 1.29 is 4.79 Å². The molecule has 1 heterocycles. The summed E-state index contributed by atoms with van der Waals surface area (Å²) < 4.78 is 0. The Hall–Kier alpha value is -0.610. The first-order chi connectivity index (χ1) is 10.0. The Bertz CT molecular complexity index is 386. The average Bonchev–Trinajstić information content (AvgIpc) is 3.04. The van der Waals surface area contributed by atoms with Crippen LogP contribution >= 0.6 is 0 Å². The lowest BCUT2D eigenvalue weighted by Crippen LogP contribution is -2.51. The molecule has 2 saturated carbocycles. The van der Waals surface area contributed by atoms with Gasteiger partial charge in [0.05, 0.1) is 6.54 Å². The summed E-state index contributed by atoms with van der Waals surface area (Å²) in [4.78, 5) is 14.6. The highest BCUT2D eigenvalue weighted by Gasteiger charge is 2.42. The van der Waals surface area contributed by atoms with E-state index in [9.17, 15) is 4.79 Å². The number of hydrogen-bond donors (Lipinski definition) is 2. The van der Waals surface area contributed by atoms with Crippen molar-refractivity contribution in [3.8, 4) is 0 Å². The Labute approximate surface area is 128 Å². The molecular weight excluding hydrogens is 262 g/mol. The molecule has 4 nitrogen and oxygen atoms in total. The largest absolute Gasteiger partial charge is 0.352 e. The second-order valence-corrected chi connectivity index (χ2v) is 7.80. The minimum atomic E-state index is 0.201. The number of carbonyl (C=O) groups excluding carboxylic acids is 1. The van der Waals surface area contributed by atoms with Crippen LogP contribution in [-0.4, -0.2) is 42.0 Å². The lowest BCUT2D eigenvalue weighted by Gasteiger charge is -2.36. The molecule has 1 saturated heterocycles. The van der Waals surface area contributed by atoms with Gasteiger partial charge in [-0.15, -0.1) is 0 Å². The van der Waals surface area contributed by atoms with Gasteiger partial charge >= 0.3 is 0 Å². The predicted octanol–water partition coefficient (Wildman–Crippen LogP) is 1.74. The highest BCUT2D eigenvalue weighted by atomic mass is 16.2. The first-order valence-electron chi connectivity index (χ1n) is 8.82. The van der Waals surface area contributed by atoms with Crippen molar-refractivity contribution in [2.75, 3.05) is 13.1 Å². The molecule has 6 unspecified atom stereocenters.